The Bertz CT molecular complexity index is 1120. The van der Waals surface area contributed by atoms with Crippen molar-refractivity contribution in [3.05, 3.63) is 60.2 Å². The van der Waals surface area contributed by atoms with Crippen molar-refractivity contribution >= 4 is 29.5 Å². The van der Waals surface area contributed by atoms with Crippen molar-refractivity contribution < 1.29 is 24.2 Å². The summed E-state index contributed by atoms with van der Waals surface area (Å²) in [6.45, 7) is 3.92. The van der Waals surface area contributed by atoms with E-state index < -0.39 is 27.4 Å². The molecule has 1 spiro atoms. The average Bonchev–Trinajstić information content (AvgIpc) is 3.25. The summed E-state index contributed by atoms with van der Waals surface area (Å²) >= 11 is 1.60. The monoisotopic (exact) mass is 552 g/mol. The zero-order chi connectivity index (χ0) is 27.5. The van der Waals surface area contributed by atoms with Crippen LogP contribution < -0.4 is 0 Å². The second-order valence-electron chi connectivity index (χ2n) is 11.3. The van der Waals surface area contributed by atoms with E-state index in [2.05, 4.69) is 18.2 Å². The molecule has 1 aromatic rings. The van der Waals surface area contributed by atoms with E-state index in [0.717, 1.165) is 50.5 Å². The van der Waals surface area contributed by atoms with Gasteiger partial charge in [0.15, 0.2) is 0 Å². The van der Waals surface area contributed by atoms with Crippen LogP contribution in [-0.4, -0.2) is 74.5 Å². The highest BCUT2D eigenvalue weighted by Crippen LogP contribution is 2.65. The fourth-order valence-electron chi connectivity index (χ4n) is 6.78. The molecule has 4 aliphatic heterocycles. The number of nitrogens with zero attached hydrogens (tertiary/aromatic N) is 2. The molecule has 1 N–H and O–H groups in total. The number of amides is 2. The van der Waals surface area contributed by atoms with Gasteiger partial charge in [0.2, 0.25) is 11.8 Å². The van der Waals surface area contributed by atoms with E-state index in [0.29, 0.717) is 26.2 Å². The molecular formula is C31H40N2O5S. The molecule has 8 heteroatoms. The molecule has 39 heavy (non-hydrogen) atoms. The minimum atomic E-state index is -0.846. The van der Waals surface area contributed by atoms with Gasteiger partial charge in [0.1, 0.15) is 6.04 Å². The summed E-state index contributed by atoms with van der Waals surface area (Å²) in [7, 11) is 0. The van der Waals surface area contributed by atoms with Crippen molar-refractivity contribution in [3.63, 3.8) is 0 Å². The molecule has 0 saturated carbocycles. The van der Waals surface area contributed by atoms with E-state index in [4.69, 9.17) is 9.84 Å². The summed E-state index contributed by atoms with van der Waals surface area (Å²) in [6.07, 6.45) is 14.2. The van der Waals surface area contributed by atoms with E-state index in [-0.39, 0.29) is 24.4 Å². The summed E-state index contributed by atoms with van der Waals surface area (Å²) in [6, 6.07) is 9.24. The number of fused-ring (bicyclic) bond motifs is 2. The second kappa shape index (κ2) is 11.9. The van der Waals surface area contributed by atoms with Gasteiger partial charge in [-0.15, -0.1) is 11.8 Å². The minimum Gasteiger partial charge on any atom is -0.465 e. The molecule has 4 aliphatic rings. The normalized spacial score (nSPS) is 33.3. The summed E-state index contributed by atoms with van der Waals surface area (Å²) in [5.41, 5.74) is 1.04. The van der Waals surface area contributed by atoms with Crippen LogP contribution in [0.3, 0.4) is 0 Å². The van der Waals surface area contributed by atoms with Gasteiger partial charge in [0, 0.05) is 31.0 Å². The molecule has 1 unspecified atom stereocenters. The molecule has 5 rings (SSSR count). The number of benzene rings is 1. The quantitative estimate of drug-likeness (QED) is 0.297. The summed E-state index contributed by atoms with van der Waals surface area (Å²) in [5, 5.41) is 9.16. The maximum Gasteiger partial charge on any atom is 0.311 e. The van der Waals surface area contributed by atoms with Gasteiger partial charge in [-0.3, -0.25) is 14.4 Å². The van der Waals surface area contributed by atoms with Crippen LogP contribution in [0.5, 0.6) is 0 Å². The maximum absolute atomic E-state index is 14.4. The number of aliphatic hydroxyl groups is 1. The van der Waals surface area contributed by atoms with Crippen LogP contribution in [0.1, 0.15) is 57.4 Å². The molecule has 7 nitrogen and oxygen atoms in total. The summed E-state index contributed by atoms with van der Waals surface area (Å²) in [5.74, 6) is -1.84. The Kier molecular flexibility index (Phi) is 8.52. The first-order valence-electron chi connectivity index (χ1n) is 14.4. The Balaban J connectivity index is 1.53. The lowest BCUT2D eigenvalue weighted by atomic mass is 9.74. The number of esters is 1. The Morgan fingerprint density at radius 1 is 0.974 bits per heavy atom. The third-order valence-electron chi connectivity index (χ3n) is 8.61. The van der Waals surface area contributed by atoms with Crippen LogP contribution in [0.2, 0.25) is 0 Å². The van der Waals surface area contributed by atoms with E-state index >= 15 is 0 Å². The first-order valence-corrected chi connectivity index (χ1v) is 15.2. The van der Waals surface area contributed by atoms with E-state index in [1.54, 1.807) is 16.7 Å². The number of rotatable bonds is 8. The van der Waals surface area contributed by atoms with Gasteiger partial charge in [-0.1, -0.05) is 67.5 Å². The predicted molar refractivity (Wildman–Crippen MR) is 152 cm³/mol. The SMILES string of the molecule is C[C@]12/C=C\CCCCOC(=O)[C@H]1[C@H]1C(=O)N(CCCCCCO)C3C(=O)N(Cc4ccccc4)CC=C[C@@]31S2. The van der Waals surface area contributed by atoms with Gasteiger partial charge < -0.3 is 19.6 Å². The molecule has 5 atom stereocenters. The number of likely N-dealkylation sites (tertiary alicyclic amines) is 1. The van der Waals surface area contributed by atoms with Crippen molar-refractivity contribution in [2.24, 2.45) is 11.8 Å². The molecule has 0 radical (unpaired) electrons. The molecule has 0 aromatic heterocycles. The summed E-state index contributed by atoms with van der Waals surface area (Å²) < 4.78 is 4.25. The molecule has 2 saturated heterocycles. The van der Waals surface area contributed by atoms with Crippen LogP contribution in [0.4, 0.5) is 0 Å². The van der Waals surface area contributed by atoms with Crippen LogP contribution in [0, 0.1) is 11.8 Å². The molecule has 0 aliphatic carbocycles. The fourth-order valence-corrected chi connectivity index (χ4v) is 8.93. The van der Waals surface area contributed by atoms with Gasteiger partial charge in [0.25, 0.3) is 0 Å². The largest absolute Gasteiger partial charge is 0.465 e. The molecule has 210 valence electrons. The third-order valence-corrected chi connectivity index (χ3v) is 10.4. The Hall–Kier alpha value is -2.58. The van der Waals surface area contributed by atoms with E-state index in [1.165, 1.54) is 0 Å². The van der Waals surface area contributed by atoms with Gasteiger partial charge in [-0.25, -0.2) is 0 Å². The first kappa shape index (κ1) is 28.0. The maximum atomic E-state index is 14.4. The lowest BCUT2D eigenvalue weighted by Gasteiger charge is -2.37. The number of carbonyl (C=O) groups excluding carboxylic acids is 3. The van der Waals surface area contributed by atoms with Crippen molar-refractivity contribution in [1.29, 1.82) is 0 Å². The highest BCUT2D eigenvalue weighted by molar-refractivity contribution is 8.02. The van der Waals surface area contributed by atoms with E-state index in [1.807, 2.05) is 48.2 Å². The molecule has 2 amide bonds. The van der Waals surface area contributed by atoms with Gasteiger partial charge in [-0.2, -0.15) is 0 Å². The zero-order valence-corrected chi connectivity index (χ0v) is 23.6. The summed E-state index contributed by atoms with van der Waals surface area (Å²) in [4.78, 5) is 45.9. The van der Waals surface area contributed by atoms with Crippen LogP contribution >= 0.6 is 11.8 Å². The van der Waals surface area contributed by atoms with Gasteiger partial charge >= 0.3 is 5.97 Å². The molecule has 4 heterocycles. The predicted octanol–water partition coefficient (Wildman–Crippen LogP) is 4.11. The van der Waals surface area contributed by atoms with Crippen LogP contribution in [0.25, 0.3) is 0 Å². The number of ether oxygens (including phenoxy) is 1. The zero-order valence-electron chi connectivity index (χ0n) is 22.8. The second-order valence-corrected chi connectivity index (χ2v) is 13.1. The molecule has 0 bridgehead atoms. The number of hydrogen-bond donors (Lipinski definition) is 1. The van der Waals surface area contributed by atoms with Crippen LogP contribution in [0.15, 0.2) is 54.6 Å². The first-order chi connectivity index (χ1) is 18.9. The number of aliphatic hydroxyl groups excluding tert-OH is 1. The lowest BCUT2D eigenvalue weighted by molar-refractivity contribution is -0.154. The topological polar surface area (TPSA) is 87.1 Å². The van der Waals surface area contributed by atoms with Gasteiger partial charge in [-0.05, 0) is 44.6 Å². The Labute approximate surface area is 235 Å². The molecule has 1 aromatic carbocycles. The highest BCUT2D eigenvalue weighted by Gasteiger charge is 2.73. The lowest BCUT2D eigenvalue weighted by Crippen LogP contribution is -2.53. The van der Waals surface area contributed by atoms with Crippen LogP contribution in [-0.2, 0) is 25.7 Å². The van der Waals surface area contributed by atoms with Crippen molar-refractivity contribution in [1.82, 2.24) is 9.80 Å². The standard InChI is InChI=1S/C31H40N2O5S/c1-30-16-9-2-5-12-21-38-29(37)25(30)24-27(35)33(19-10-3-4-11-20-34)26-28(36)32(18-13-17-31(24,26)39-30)22-23-14-7-6-8-15-23/h6-9,13-17,24-26,34H,2-5,10-12,18-22H2,1H3/b16-9-/t24-,25+,26?,30-,31-/m0/s1. The molecular weight excluding hydrogens is 512 g/mol. The fraction of sp³-hybridized carbons (Fsp3) is 0.581. The van der Waals surface area contributed by atoms with Crippen molar-refractivity contribution in [2.45, 2.75) is 74.0 Å². The number of carbonyl (C=O) groups is 3. The number of cyclic esters (lactones) is 1. The Morgan fingerprint density at radius 2 is 1.77 bits per heavy atom. The number of allylic oxidation sites excluding steroid dienone is 1. The third kappa shape index (κ3) is 5.30. The molecule has 2 fully saturated rings. The van der Waals surface area contributed by atoms with Crippen molar-refractivity contribution in [2.75, 3.05) is 26.3 Å². The van der Waals surface area contributed by atoms with E-state index in [9.17, 15) is 14.4 Å². The Morgan fingerprint density at radius 3 is 2.56 bits per heavy atom. The number of unbranched alkanes of at least 4 members (excludes halogenated alkanes) is 3. The minimum absolute atomic E-state index is 0.0628. The van der Waals surface area contributed by atoms with Crippen molar-refractivity contribution in [3.8, 4) is 0 Å². The highest BCUT2D eigenvalue weighted by atomic mass is 32.2. The van der Waals surface area contributed by atoms with Gasteiger partial charge in [0.05, 0.1) is 23.2 Å². The number of hydrogen-bond acceptors (Lipinski definition) is 6. The smallest absolute Gasteiger partial charge is 0.311 e. The number of thioether (sulfide) groups is 1. The average molecular weight is 553 g/mol.